The second kappa shape index (κ2) is 6.75. The smallest absolute Gasteiger partial charge is 0.255 e. The first kappa shape index (κ1) is 16.9. The molecule has 5 nitrogen and oxygen atoms in total. The molecule has 1 amide bonds. The van der Waals surface area contributed by atoms with E-state index in [0.29, 0.717) is 22.4 Å². The Kier molecular flexibility index (Phi) is 4.95. The number of benzene rings is 2. The highest BCUT2D eigenvalue weighted by molar-refractivity contribution is 7.89. The summed E-state index contributed by atoms with van der Waals surface area (Å²) in [5.41, 5.74) is 2.07. The molecule has 120 valence electrons. The van der Waals surface area contributed by atoms with E-state index < -0.39 is 9.84 Å². The van der Waals surface area contributed by atoms with Crippen LogP contribution in [0.4, 0.5) is 5.69 Å². The van der Waals surface area contributed by atoms with Crippen LogP contribution in [0, 0.1) is 0 Å². The summed E-state index contributed by atoms with van der Waals surface area (Å²) in [6.07, 6.45) is 1.15. The first-order valence-electron chi connectivity index (χ1n) is 6.93. The zero-order valence-electron chi connectivity index (χ0n) is 12.9. The van der Waals surface area contributed by atoms with Gasteiger partial charge in [0.05, 0.1) is 5.75 Å². The molecule has 2 rings (SSSR count). The van der Waals surface area contributed by atoms with Gasteiger partial charge >= 0.3 is 0 Å². The highest BCUT2D eigenvalue weighted by atomic mass is 32.2. The molecule has 0 spiro atoms. The minimum atomic E-state index is -3.16. The Hall–Kier alpha value is -2.47. The number of hydrogen-bond acceptors (Lipinski definition) is 4. The molecule has 0 aliphatic rings. The predicted octanol–water partition coefficient (Wildman–Crippen LogP) is 2.69. The minimum absolute atomic E-state index is 0.0450. The number of rotatable bonds is 5. The van der Waals surface area contributed by atoms with Gasteiger partial charge in [-0.2, -0.15) is 0 Å². The Balaban J connectivity index is 2.14. The summed E-state index contributed by atoms with van der Waals surface area (Å²) in [5.74, 6) is -0.492. The van der Waals surface area contributed by atoms with Gasteiger partial charge in [0.2, 0.25) is 0 Å². The van der Waals surface area contributed by atoms with Gasteiger partial charge in [0.25, 0.3) is 5.91 Å². The topological polar surface area (TPSA) is 80.3 Å². The summed E-state index contributed by atoms with van der Waals surface area (Å²) in [6, 6.07) is 13.1. The lowest BCUT2D eigenvalue weighted by molar-refractivity contribution is 0.101. The molecule has 2 aromatic carbocycles. The van der Waals surface area contributed by atoms with Crippen molar-refractivity contribution in [3.8, 4) is 0 Å². The summed E-state index contributed by atoms with van der Waals surface area (Å²) < 4.78 is 22.7. The van der Waals surface area contributed by atoms with E-state index in [9.17, 15) is 18.0 Å². The molecule has 0 saturated carbocycles. The maximum Gasteiger partial charge on any atom is 0.255 e. The molecule has 0 unspecified atom stereocenters. The molecule has 0 aromatic heterocycles. The molecule has 0 fully saturated rings. The highest BCUT2D eigenvalue weighted by Crippen LogP contribution is 2.14. The number of nitrogens with one attached hydrogen (secondary N) is 1. The van der Waals surface area contributed by atoms with Crippen LogP contribution in [0.2, 0.25) is 0 Å². The molecular weight excluding hydrogens is 314 g/mol. The van der Waals surface area contributed by atoms with Crippen LogP contribution in [-0.2, 0) is 15.6 Å². The van der Waals surface area contributed by atoms with Crippen LogP contribution in [0.1, 0.15) is 33.2 Å². The first-order chi connectivity index (χ1) is 10.7. The molecule has 1 N–H and O–H groups in total. The molecule has 0 bridgehead atoms. The first-order valence-corrected chi connectivity index (χ1v) is 9.00. The monoisotopic (exact) mass is 331 g/mol. The van der Waals surface area contributed by atoms with Gasteiger partial charge < -0.3 is 5.32 Å². The third-order valence-electron chi connectivity index (χ3n) is 3.17. The summed E-state index contributed by atoms with van der Waals surface area (Å²) in [5, 5.41) is 2.71. The fourth-order valence-electron chi connectivity index (χ4n) is 2.10. The van der Waals surface area contributed by atoms with Crippen LogP contribution >= 0.6 is 0 Å². The van der Waals surface area contributed by atoms with E-state index in [1.807, 2.05) is 0 Å². The van der Waals surface area contributed by atoms with Crippen LogP contribution in [0.25, 0.3) is 0 Å². The SMILES string of the molecule is CC(=O)c1ccc(NC(=O)c2cccc(CS(C)(=O)=O)c2)cc1. The van der Waals surface area contributed by atoms with E-state index in [2.05, 4.69) is 5.32 Å². The van der Waals surface area contributed by atoms with Crippen LogP contribution in [0.5, 0.6) is 0 Å². The molecule has 0 aliphatic heterocycles. The number of carbonyl (C=O) groups is 2. The molecule has 0 aliphatic carbocycles. The molecule has 0 radical (unpaired) electrons. The number of amides is 1. The minimum Gasteiger partial charge on any atom is -0.322 e. The van der Waals surface area contributed by atoms with Crippen LogP contribution in [-0.4, -0.2) is 26.4 Å². The van der Waals surface area contributed by atoms with Crippen molar-refractivity contribution in [1.82, 2.24) is 0 Å². The number of Topliss-reactive ketones (excluding diaryl/α,β-unsaturated/α-hetero) is 1. The van der Waals surface area contributed by atoms with E-state index in [0.717, 1.165) is 6.26 Å². The van der Waals surface area contributed by atoms with E-state index in [-0.39, 0.29) is 17.4 Å². The van der Waals surface area contributed by atoms with Gasteiger partial charge in [-0.3, -0.25) is 9.59 Å². The van der Waals surface area contributed by atoms with Gasteiger partial charge in [0.15, 0.2) is 15.6 Å². The Labute approximate surface area is 135 Å². The average Bonchev–Trinajstić information content (AvgIpc) is 2.46. The van der Waals surface area contributed by atoms with Crippen LogP contribution in [0.15, 0.2) is 48.5 Å². The van der Waals surface area contributed by atoms with Crippen molar-refractivity contribution in [2.45, 2.75) is 12.7 Å². The van der Waals surface area contributed by atoms with Crippen molar-refractivity contribution in [2.75, 3.05) is 11.6 Å². The van der Waals surface area contributed by atoms with E-state index in [4.69, 9.17) is 0 Å². The lowest BCUT2D eigenvalue weighted by Crippen LogP contribution is -2.12. The second-order valence-electron chi connectivity index (χ2n) is 5.36. The van der Waals surface area contributed by atoms with Crippen LogP contribution in [0.3, 0.4) is 0 Å². The van der Waals surface area contributed by atoms with Crippen molar-refractivity contribution < 1.29 is 18.0 Å². The number of hydrogen-bond donors (Lipinski definition) is 1. The highest BCUT2D eigenvalue weighted by Gasteiger charge is 2.10. The maximum atomic E-state index is 12.2. The molecule has 0 saturated heterocycles. The predicted molar refractivity (Wildman–Crippen MR) is 89.4 cm³/mol. The Morgan fingerprint density at radius 1 is 1.00 bits per heavy atom. The summed E-state index contributed by atoms with van der Waals surface area (Å²) in [6.45, 7) is 1.47. The third kappa shape index (κ3) is 5.03. The molecular formula is C17H17NO4S. The standard InChI is InChI=1S/C17H17NO4S/c1-12(19)14-6-8-16(9-7-14)18-17(20)15-5-3-4-13(10-15)11-23(2,21)22/h3-10H,11H2,1-2H3,(H,18,20). The van der Waals surface area contributed by atoms with Gasteiger partial charge in [-0.05, 0) is 48.9 Å². The van der Waals surface area contributed by atoms with Gasteiger partial charge in [0.1, 0.15) is 0 Å². The number of carbonyl (C=O) groups excluding carboxylic acids is 2. The zero-order chi connectivity index (χ0) is 17.0. The second-order valence-corrected chi connectivity index (χ2v) is 7.50. The van der Waals surface area contributed by atoms with Gasteiger partial charge in [-0.1, -0.05) is 12.1 Å². The molecule has 2 aromatic rings. The van der Waals surface area contributed by atoms with Crippen molar-refractivity contribution >= 4 is 27.2 Å². The third-order valence-corrected chi connectivity index (χ3v) is 4.03. The zero-order valence-corrected chi connectivity index (χ0v) is 13.7. The normalized spacial score (nSPS) is 11.0. The molecule has 0 atom stereocenters. The Bertz CT molecular complexity index is 839. The summed E-state index contributed by atoms with van der Waals surface area (Å²) >= 11 is 0. The van der Waals surface area contributed by atoms with Crippen molar-refractivity contribution in [3.05, 3.63) is 65.2 Å². The fraction of sp³-hybridized carbons (Fsp3) is 0.176. The maximum absolute atomic E-state index is 12.2. The van der Waals surface area contributed by atoms with Crippen molar-refractivity contribution in [2.24, 2.45) is 0 Å². The lowest BCUT2D eigenvalue weighted by atomic mass is 10.1. The average molecular weight is 331 g/mol. The fourth-order valence-corrected chi connectivity index (χ4v) is 2.88. The van der Waals surface area contributed by atoms with E-state index >= 15 is 0 Å². The molecule has 23 heavy (non-hydrogen) atoms. The largest absolute Gasteiger partial charge is 0.322 e. The Morgan fingerprint density at radius 3 is 2.22 bits per heavy atom. The number of ketones is 1. The summed E-state index contributed by atoms with van der Waals surface area (Å²) in [7, 11) is -3.16. The van der Waals surface area contributed by atoms with Crippen LogP contribution < -0.4 is 5.32 Å². The number of anilines is 1. The van der Waals surface area contributed by atoms with E-state index in [1.54, 1.807) is 48.5 Å². The molecule has 0 heterocycles. The van der Waals surface area contributed by atoms with Gasteiger partial charge in [-0.25, -0.2) is 8.42 Å². The Morgan fingerprint density at radius 2 is 1.65 bits per heavy atom. The van der Waals surface area contributed by atoms with E-state index in [1.165, 1.54) is 6.92 Å². The van der Waals surface area contributed by atoms with Gasteiger partial charge in [-0.15, -0.1) is 0 Å². The molecule has 6 heteroatoms. The quantitative estimate of drug-likeness (QED) is 0.854. The van der Waals surface area contributed by atoms with Gasteiger partial charge in [0, 0.05) is 23.1 Å². The number of sulfone groups is 1. The lowest BCUT2D eigenvalue weighted by Gasteiger charge is -2.07. The van der Waals surface area contributed by atoms with Crippen molar-refractivity contribution in [3.63, 3.8) is 0 Å². The van der Waals surface area contributed by atoms with Crippen molar-refractivity contribution in [1.29, 1.82) is 0 Å². The summed E-state index contributed by atoms with van der Waals surface area (Å²) in [4.78, 5) is 23.4.